The molecule has 0 bridgehead atoms. The first-order valence-corrected chi connectivity index (χ1v) is 6.37. The van der Waals surface area contributed by atoms with Crippen LogP contribution in [0.15, 0.2) is 34.9 Å². The van der Waals surface area contributed by atoms with Gasteiger partial charge in [0.1, 0.15) is 5.82 Å². The number of rotatable bonds is 3. The van der Waals surface area contributed by atoms with E-state index in [-0.39, 0.29) is 4.47 Å². The van der Waals surface area contributed by atoms with Gasteiger partial charge in [-0.3, -0.25) is 0 Å². The van der Waals surface area contributed by atoms with Crippen molar-refractivity contribution in [3.63, 3.8) is 0 Å². The molecule has 2 aromatic rings. The van der Waals surface area contributed by atoms with E-state index in [1.807, 2.05) is 0 Å². The second-order valence-corrected chi connectivity index (χ2v) is 4.96. The zero-order valence-electron chi connectivity index (χ0n) is 9.91. The van der Waals surface area contributed by atoms with Crippen molar-refractivity contribution in [2.45, 2.75) is 12.5 Å². The topological polar surface area (TPSA) is 64.9 Å². The summed E-state index contributed by atoms with van der Waals surface area (Å²) in [5, 5.41) is 0. The van der Waals surface area contributed by atoms with E-state index in [1.54, 1.807) is 18.3 Å². The largest absolute Gasteiger partial charge is 0.384 e. The number of benzene rings is 1. The van der Waals surface area contributed by atoms with Crippen LogP contribution in [0.1, 0.15) is 17.2 Å². The van der Waals surface area contributed by atoms with Crippen molar-refractivity contribution in [2.75, 3.05) is 5.73 Å². The van der Waals surface area contributed by atoms with Gasteiger partial charge in [0, 0.05) is 12.2 Å². The Hall–Kier alpha value is -1.53. The third-order valence-electron chi connectivity index (χ3n) is 2.77. The summed E-state index contributed by atoms with van der Waals surface area (Å²) in [5.74, 6) is -1.44. The van der Waals surface area contributed by atoms with Crippen molar-refractivity contribution in [1.82, 2.24) is 4.98 Å². The number of nitrogen functional groups attached to an aromatic ring is 1. The Morgan fingerprint density at radius 1 is 1.26 bits per heavy atom. The first-order chi connectivity index (χ1) is 8.99. The van der Waals surface area contributed by atoms with Crippen LogP contribution in [0.3, 0.4) is 0 Å². The Morgan fingerprint density at radius 2 is 2.00 bits per heavy atom. The van der Waals surface area contributed by atoms with E-state index in [4.69, 9.17) is 11.5 Å². The highest BCUT2D eigenvalue weighted by Crippen LogP contribution is 2.28. The van der Waals surface area contributed by atoms with E-state index in [0.717, 1.165) is 11.6 Å². The van der Waals surface area contributed by atoms with Crippen molar-refractivity contribution >= 4 is 21.7 Å². The molecule has 0 saturated carbocycles. The SMILES string of the molecule is Nc1cc(CC(N)c2ccc(F)c(F)c2Br)ccn1. The summed E-state index contributed by atoms with van der Waals surface area (Å²) in [6.45, 7) is 0. The van der Waals surface area contributed by atoms with Gasteiger partial charge in [-0.15, -0.1) is 0 Å². The minimum atomic E-state index is -0.929. The number of nitrogens with zero attached hydrogens (tertiary/aromatic N) is 1. The lowest BCUT2D eigenvalue weighted by Gasteiger charge is -2.14. The molecular weight excluding hydrogens is 316 g/mol. The van der Waals surface area contributed by atoms with Crippen molar-refractivity contribution in [2.24, 2.45) is 5.73 Å². The number of halogens is 3. The minimum Gasteiger partial charge on any atom is -0.384 e. The monoisotopic (exact) mass is 327 g/mol. The van der Waals surface area contributed by atoms with Gasteiger partial charge in [-0.2, -0.15) is 0 Å². The van der Waals surface area contributed by atoms with Crippen LogP contribution in [-0.4, -0.2) is 4.98 Å². The zero-order chi connectivity index (χ0) is 14.0. The van der Waals surface area contributed by atoms with Gasteiger partial charge in [0.25, 0.3) is 0 Å². The van der Waals surface area contributed by atoms with Crippen molar-refractivity contribution in [3.05, 3.63) is 57.7 Å². The molecule has 0 amide bonds. The maximum Gasteiger partial charge on any atom is 0.173 e. The number of hydrogen-bond donors (Lipinski definition) is 2. The Kier molecular flexibility index (Phi) is 4.11. The van der Waals surface area contributed by atoms with Crippen LogP contribution in [0.4, 0.5) is 14.6 Å². The number of nitrogens with two attached hydrogens (primary N) is 2. The van der Waals surface area contributed by atoms with Gasteiger partial charge >= 0.3 is 0 Å². The highest BCUT2D eigenvalue weighted by molar-refractivity contribution is 9.10. The van der Waals surface area contributed by atoms with Crippen LogP contribution in [-0.2, 0) is 6.42 Å². The number of anilines is 1. The molecule has 100 valence electrons. The first-order valence-electron chi connectivity index (χ1n) is 5.58. The van der Waals surface area contributed by atoms with Crippen molar-refractivity contribution in [3.8, 4) is 0 Å². The molecule has 1 aromatic heterocycles. The quantitative estimate of drug-likeness (QED) is 0.852. The maximum absolute atomic E-state index is 13.4. The van der Waals surface area contributed by atoms with Crippen molar-refractivity contribution < 1.29 is 8.78 Å². The Labute approximate surface area is 117 Å². The van der Waals surface area contributed by atoms with E-state index in [9.17, 15) is 8.78 Å². The molecule has 0 aliphatic carbocycles. The Balaban J connectivity index is 2.25. The predicted molar refractivity (Wildman–Crippen MR) is 73.3 cm³/mol. The molecule has 6 heteroatoms. The van der Waals surface area contributed by atoms with Crippen LogP contribution in [0.2, 0.25) is 0 Å². The van der Waals surface area contributed by atoms with Gasteiger partial charge in [-0.05, 0) is 51.7 Å². The number of aromatic nitrogens is 1. The van der Waals surface area contributed by atoms with E-state index in [1.165, 1.54) is 6.07 Å². The molecule has 3 nitrogen and oxygen atoms in total. The zero-order valence-corrected chi connectivity index (χ0v) is 11.5. The molecule has 0 fully saturated rings. The molecule has 19 heavy (non-hydrogen) atoms. The molecule has 0 saturated heterocycles. The third-order valence-corrected chi connectivity index (χ3v) is 3.57. The summed E-state index contributed by atoms with van der Waals surface area (Å²) in [4.78, 5) is 3.88. The van der Waals surface area contributed by atoms with Crippen LogP contribution in [0.25, 0.3) is 0 Å². The summed E-state index contributed by atoms with van der Waals surface area (Å²) in [5.41, 5.74) is 13.0. The molecule has 1 unspecified atom stereocenters. The fraction of sp³-hybridized carbons (Fsp3) is 0.154. The van der Waals surface area contributed by atoms with Gasteiger partial charge in [0.05, 0.1) is 4.47 Å². The average Bonchev–Trinajstić information content (AvgIpc) is 2.36. The molecule has 1 aromatic carbocycles. The molecule has 0 aliphatic rings. The average molecular weight is 328 g/mol. The normalized spacial score (nSPS) is 12.4. The summed E-state index contributed by atoms with van der Waals surface area (Å²) in [7, 11) is 0. The van der Waals surface area contributed by atoms with Crippen molar-refractivity contribution in [1.29, 1.82) is 0 Å². The number of pyridine rings is 1. The molecule has 1 atom stereocenters. The molecule has 0 aliphatic heterocycles. The predicted octanol–water partition coefficient (Wildman–Crippen LogP) is 2.95. The summed E-state index contributed by atoms with van der Waals surface area (Å²) < 4.78 is 26.5. The molecular formula is C13H12BrF2N3. The van der Waals surface area contributed by atoms with Crippen LogP contribution >= 0.6 is 15.9 Å². The van der Waals surface area contributed by atoms with Gasteiger partial charge in [0.2, 0.25) is 0 Å². The highest BCUT2D eigenvalue weighted by Gasteiger charge is 2.16. The smallest absolute Gasteiger partial charge is 0.173 e. The summed E-state index contributed by atoms with van der Waals surface area (Å²) in [6, 6.07) is 5.55. The van der Waals surface area contributed by atoms with Gasteiger partial charge in [0.15, 0.2) is 11.6 Å². The Morgan fingerprint density at radius 3 is 2.68 bits per heavy atom. The minimum absolute atomic E-state index is 0.0574. The lowest BCUT2D eigenvalue weighted by atomic mass is 10.00. The fourth-order valence-electron chi connectivity index (χ4n) is 1.81. The second kappa shape index (κ2) is 5.63. The molecule has 0 radical (unpaired) electrons. The number of hydrogen-bond acceptors (Lipinski definition) is 3. The lowest BCUT2D eigenvalue weighted by Crippen LogP contribution is -2.15. The van der Waals surface area contributed by atoms with E-state index >= 15 is 0 Å². The van der Waals surface area contributed by atoms with Crippen LogP contribution in [0.5, 0.6) is 0 Å². The van der Waals surface area contributed by atoms with Gasteiger partial charge in [-0.1, -0.05) is 6.07 Å². The molecule has 1 heterocycles. The first kappa shape index (κ1) is 13.9. The Bertz CT molecular complexity index is 604. The fourth-order valence-corrected chi connectivity index (χ4v) is 2.43. The van der Waals surface area contributed by atoms with Gasteiger partial charge in [-0.25, -0.2) is 13.8 Å². The maximum atomic E-state index is 13.4. The summed E-state index contributed by atoms with van der Waals surface area (Å²) >= 11 is 3.03. The molecule has 2 rings (SSSR count). The van der Waals surface area contributed by atoms with E-state index in [0.29, 0.717) is 17.8 Å². The highest BCUT2D eigenvalue weighted by atomic mass is 79.9. The third kappa shape index (κ3) is 3.08. The van der Waals surface area contributed by atoms with Crippen LogP contribution < -0.4 is 11.5 Å². The standard InChI is InChI=1S/C13H12BrF2N3/c14-12-8(1-2-9(15)13(12)16)10(17)5-7-3-4-19-11(18)6-7/h1-4,6,10H,5,17H2,(H2,18,19). The van der Waals surface area contributed by atoms with Crippen LogP contribution in [0, 0.1) is 11.6 Å². The molecule has 0 spiro atoms. The van der Waals surface area contributed by atoms with E-state index < -0.39 is 17.7 Å². The second-order valence-electron chi connectivity index (χ2n) is 4.16. The lowest BCUT2D eigenvalue weighted by molar-refractivity contribution is 0.500. The molecule has 4 N–H and O–H groups in total. The summed E-state index contributed by atoms with van der Waals surface area (Å²) in [6.07, 6.45) is 2.04. The van der Waals surface area contributed by atoms with Gasteiger partial charge < -0.3 is 11.5 Å². The van der Waals surface area contributed by atoms with E-state index in [2.05, 4.69) is 20.9 Å².